The van der Waals surface area contributed by atoms with E-state index in [4.69, 9.17) is 4.74 Å². The Kier molecular flexibility index (Phi) is 11.2. The number of rotatable bonds is 11. The third-order valence-corrected chi connectivity index (χ3v) is 3.49. The molecule has 108 valence electrons. The second-order valence-corrected chi connectivity index (χ2v) is 4.80. The number of unbranched alkanes of at least 4 members (excludes halogenated alkanes) is 1. The Hall–Kier alpha value is -0.570. The van der Waals surface area contributed by atoms with Gasteiger partial charge < -0.3 is 9.64 Å². The van der Waals surface area contributed by atoms with Crippen molar-refractivity contribution in [2.75, 3.05) is 26.2 Å². The number of hydrogen-bond acceptors (Lipinski definition) is 3. The maximum Gasteiger partial charge on any atom is 0.308 e. The molecule has 3 nitrogen and oxygen atoms in total. The third-order valence-electron chi connectivity index (χ3n) is 3.49. The minimum atomic E-state index is 0.00509. The van der Waals surface area contributed by atoms with Crippen molar-refractivity contribution < 1.29 is 9.53 Å². The zero-order chi connectivity index (χ0) is 13.8. The van der Waals surface area contributed by atoms with Crippen LogP contribution in [0.2, 0.25) is 0 Å². The van der Waals surface area contributed by atoms with Crippen LogP contribution >= 0.6 is 0 Å². The Morgan fingerprint density at radius 3 is 2.28 bits per heavy atom. The van der Waals surface area contributed by atoms with Crippen LogP contribution < -0.4 is 0 Å². The first-order valence-corrected chi connectivity index (χ1v) is 7.58. The fourth-order valence-electron chi connectivity index (χ4n) is 2.06. The number of hydrogen-bond donors (Lipinski definition) is 0. The lowest BCUT2D eigenvalue weighted by Gasteiger charge is -2.18. The number of esters is 1. The standard InChI is InChI=1S/C15H31NO2/c1-5-9-11-14(6-2)15(17)18-13-10-12-16(7-3)8-4/h14H,5-13H2,1-4H3. The maximum atomic E-state index is 11.8. The number of ether oxygens (including phenoxy) is 1. The second kappa shape index (κ2) is 11.5. The monoisotopic (exact) mass is 257 g/mol. The van der Waals surface area contributed by atoms with Crippen LogP contribution in [-0.2, 0) is 9.53 Å². The van der Waals surface area contributed by atoms with Gasteiger partial charge in [0.05, 0.1) is 12.5 Å². The van der Waals surface area contributed by atoms with Crippen molar-refractivity contribution in [3.05, 3.63) is 0 Å². The van der Waals surface area contributed by atoms with E-state index in [0.717, 1.165) is 51.7 Å². The predicted molar refractivity (Wildman–Crippen MR) is 76.7 cm³/mol. The first-order valence-electron chi connectivity index (χ1n) is 7.58. The van der Waals surface area contributed by atoms with Crippen molar-refractivity contribution in [3.8, 4) is 0 Å². The quantitative estimate of drug-likeness (QED) is 0.419. The van der Waals surface area contributed by atoms with Crippen LogP contribution in [0.15, 0.2) is 0 Å². The molecular formula is C15H31NO2. The van der Waals surface area contributed by atoms with Gasteiger partial charge in [-0.3, -0.25) is 4.79 Å². The molecule has 3 heteroatoms. The van der Waals surface area contributed by atoms with Crippen molar-refractivity contribution in [1.29, 1.82) is 0 Å². The van der Waals surface area contributed by atoms with Crippen molar-refractivity contribution >= 4 is 5.97 Å². The number of carbonyl (C=O) groups is 1. The van der Waals surface area contributed by atoms with Crippen LogP contribution in [0.3, 0.4) is 0 Å². The molecule has 0 N–H and O–H groups in total. The summed E-state index contributed by atoms with van der Waals surface area (Å²) >= 11 is 0. The first-order chi connectivity index (χ1) is 8.69. The van der Waals surface area contributed by atoms with Crippen molar-refractivity contribution in [3.63, 3.8) is 0 Å². The SMILES string of the molecule is CCCCC(CC)C(=O)OCCCN(CC)CC. The molecule has 0 heterocycles. The van der Waals surface area contributed by atoms with Gasteiger partial charge in [-0.25, -0.2) is 0 Å². The second-order valence-electron chi connectivity index (χ2n) is 4.80. The molecule has 0 aliphatic heterocycles. The van der Waals surface area contributed by atoms with Gasteiger partial charge in [0.1, 0.15) is 0 Å². The van der Waals surface area contributed by atoms with Gasteiger partial charge in [-0.1, -0.05) is 40.5 Å². The summed E-state index contributed by atoms with van der Waals surface area (Å²) in [6.07, 6.45) is 5.08. The van der Waals surface area contributed by atoms with Crippen LogP contribution in [0.25, 0.3) is 0 Å². The highest BCUT2D eigenvalue weighted by Crippen LogP contribution is 2.14. The molecule has 0 saturated heterocycles. The Bertz CT molecular complexity index is 203. The van der Waals surface area contributed by atoms with Crippen LogP contribution in [0.1, 0.15) is 59.8 Å². The molecular weight excluding hydrogens is 226 g/mol. The highest BCUT2D eigenvalue weighted by atomic mass is 16.5. The maximum absolute atomic E-state index is 11.8. The summed E-state index contributed by atoms with van der Waals surface area (Å²) in [5.41, 5.74) is 0. The lowest BCUT2D eigenvalue weighted by Crippen LogP contribution is -2.26. The molecule has 0 amide bonds. The topological polar surface area (TPSA) is 29.5 Å². The summed E-state index contributed by atoms with van der Waals surface area (Å²) in [6.45, 7) is 12.3. The van der Waals surface area contributed by atoms with Gasteiger partial charge in [0.2, 0.25) is 0 Å². The molecule has 0 fully saturated rings. The molecule has 0 aromatic carbocycles. The van der Waals surface area contributed by atoms with E-state index in [1.54, 1.807) is 0 Å². The summed E-state index contributed by atoms with van der Waals surface area (Å²) in [6, 6.07) is 0. The molecule has 0 radical (unpaired) electrons. The molecule has 0 aromatic heterocycles. The van der Waals surface area contributed by atoms with Crippen LogP contribution in [0.5, 0.6) is 0 Å². The summed E-state index contributed by atoms with van der Waals surface area (Å²) in [7, 11) is 0. The Morgan fingerprint density at radius 2 is 1.78 bits per heavy atom. The van der Waals surface area contributed by atoms with Gasteiger partial charge in [0.25, 0.3) is 0 Å². The highest BCUT2D eigenvalue weighted by Gasteiger charge is 2.16. The zero-order valence-electron chi connectivity index (χ0n) is 12.7. The van der Waals surface area contributed by atoms with E-state index in [-0.39, 0.29) is 11.9 Å². The van der Waals surface area contributed by atoms with Gasteiger partial charge in [0.15, 0.2) is 0 Å². The molecule has 0 rings (SSSR count). The minimum absolute atomic E-state index is 0.00509. The molecule has 0 aliphatic carbocycles. The van der Waals surface area contributed by atoms with E-state index >= 15 is 0 Å². The van der Waals surface area contributed by atoms with Gasteiger partial charge in [-0.05, 0) is 32.4 Å². The fourth-order valence-corrected chi connectivity index (χ4v) is 2.06. The Labute approximate surface area is 113 Å². The largest absolute Gasteiger partial charge is 0.465 e. The fraction of sp³-hybridized carbons (Fsp3) is 0.933. The van der Waals surface area contributed by atoms with E-state index in [1.807, 2.05) is 0 Å². The van der Waals surface area contributed by atoms with E-state index in [0.29, 0.717) is 6.61 Å². The summed E-state index contributed by atoms with van der Waals surface area (Å²) in [5, 5.41) is 0. The molecule has 0 spiro atoms. The normalized spacial score (nSPS) is 12.7. The molecule has 0 saturated carbocycles. The predicted octanol–water partition coefficient (Wildman–Crippen LogP) is 3.48. The van der Waals surface area contributed by atoms with E-state index in [9.17, 15) is 4.79 Å². The molecule has 0 aromatic rings. The summed E-state index contributed by atoms with van der Waals surface area (Å²) < 4.78 is 5.37. The van der Waals surface area contributed by atoms with Crippen molar-refractivity contribution in [2.24, 2.45) is 5.92 Å². The molecule has 0 aliphatic rings. The van der Waals surface area contributed by atoms with E-state index in [2.05, 4.69) is 32.6 Å². The molecule has 1 atom stereocenters. The third kappa shape index (κ3) is 7.70. The summed E-state index contributed by atoms with van der Waals surface area (Å²) in [5.74, 6) is 0.115. The summed E-state index contributed by atoms with van der Waals surface area (Å²) in [4.78, 5) is 14.2. The molecule has 1 unspecified atom stereocenters. The lowest BCUT2D eigenvalue weighted by molar-refractivity contribution is -0.149. The van der Waals surface area contributed by atoms with Crippen molar-refractivity contribution in [2.45, 2.75) is 59.8 Å². The number of nitrogens with zero attached hydrogens (tertiary/aromatic N) is 1. The molecule has 0 bridgehead atoms. The van der Waals surface area contributed by atoms with E-state index in [1.165, 1.54) is 0 Å². The van der Waals surface area contributed by atoms with Crippen LogP contribution in [-0.4, -0.2) is 37.1 Å². The smallest absolute Gasteiger partial charge is 0.308 e. The lowest BCUT2D eigenvalue weighted by atomic mass is 10.00. The highest BCUT2D eigenvalue weighted by molar-refractivity contribution is 5.72. The Balaban J connectivity index is 3.73. The Morgan fingerprint density at radius 1 is 1.11 bits per heavy atom. The average molecular weight is 257 g/mol. The van der Waals surface area contributed by atoms with Gasteiger partial charge >= 0.3 is 5.97 Å². The van der Waals surface area contributed by atoms with Crippen LogP contribution in [0, 0.1) is 5.92 Å². The molecule has 18 heavy (non-hydrogen) atoms. The first kappa shape index (κ1) is 17.4. The van der Waals surface area contributed by atoms with Gasteiger partial charge in [-0.2, -0.15) is 0 Å². The van der Waals surface area contributed by atoms with E-state index < -0.39 is 0 Å². The average Bonchev–Trinajstić information content (AvgIpc) is 2.40. The minimum Gasteiger partial charge on any atom is -0.465 e. The zero-order valence-corrected chi connectivity index (χ0v) is 12.7. The van der Waals surface area contributed by atoms with Gasteiger partial charge in [0, 0.05) is 6.54 Å². The van der Waals surface area contributed by atoms with Crippen molar-refractivity contribution in [1.82, 2.24) is 4.90 Å². The number of carbonyl (C=O) groups excluding carboxylic acids is 1. The van der Waals surface area contributed by atoms with Gasteiger partial charge in [-0.15, -0.1) is 0 Å². The van der Waals surface area contributed by atoms with Crippen LogP contribution in [0.4, 0.5) is 0 Å².